The van der Waals surface area contributed by atoms with E-state index >= 15 is 0 Å². The average Bonchev–Trinajstić information content (AvgIpc) is 3.05. The largest absolute Gasteiger partial charge is 0.374 e. The van der Waals surface area contributed by atoms with E-state index in [1.54, 1.807) is 12.3 Å². The molecule has 0 bridgehead atoms. The molecule has 248 valence electrons. The van der Waals surface area contributed by atoms with Gasteiger partial charge in [0.15, 0.2) is 28.2 Å². The van der Waals surface area contributed by atoms with Crippen LogP contribution >= 0.6 is 0 Å². The molecule has 3 heterocycles. The standard InChI is InChI=1S/C31H28F5N5O5S/c32-24-25(33)27(35)29(28(36)26(24)34)47(45,46)41-11-10-23(41)31(44)39(15-20-7-6-18(13-37-20)17-4-2-1-3-5-17)21-8-9-22-19(12-21)14-38-40(16-42)30(22)43/h6-9,12-14,17,23,42H,1-5,10-11,15-16H2. The first-order valence-corrected chi connectivity index (χ1v) is 16.3. The van der Waals surface area contributed by atoms with Gasteiger partial charge in [-0.15, -0.1) is 0 Å². The fourth-order valence-electron chi connectivity index (χ4n) is 6.12. The Balaban J connectivity index is 1.37. The Kier molecular flexibility index (Phi) is 8.84. The highest BCUT2D eigenvalue weighted by molar-refractivity contribution is 7.89. The number of fused-ring (bicyclic) bond motifs is 1. The Hall–Kier alpha value is -4.28. The van der Waals surface area contributed by atoms with E-state index in [1.165, 1.54) is 35.7 Å². The van der Waals surface area contributed by atoms with Crippen molar-refractivity contribution in [2.75, 3.05) is 11.4 Å². The summed E-state index contributed by atoms with van der Waals surface area (Å²) >= 11 is 0. The van der Waals surface area contributed by atoms with E-state index in [2.05, 4.69) is 10.1 Å². The zero-order valence-electron chi connectivity index (χ0n) is 24.7. The maximum Gasteiger partial charge on any atom is 0.276 e. The normalized spacial score (nSPS) is 17.5. The summed E-state index contributed by atoms with van der Waals surface area (Å²) in [6.45, 7) is -1.29. The second-order valence-corrected chi connectivity index (χ2v) is 13.4. The number of aliphatic hydroxyl groups excluding tert-OH is 1. The van der Waals surface area contributed by atoms with Crippen LogP contribution in [0.4, 0.5) is 27.6 Å². The molecular weight excluding hydrogens is 649 g/mol. The lowest BCUT2D eigenvalue weighted by Crippen LogP contribution is -2.59. The van der Waals surface area contributed by atoms with Gasteiger partial charge < -0.3 is 10.0 Å². The monoisotopic (exact) mass is 677 g/mol. The molecule has 2 aliphatic rings. The molecule has 1 saturated heterocycles. The van der Waals surface area contributed by atoms with Crippen LogP contribution in [0.3, 0.4) is 0 Å². The topological polar surface area (TPSA) is 126 Å². The van der Waals surface area contributed by atoms with Crippen molar-refractivity contribution in [2.45, 2.75) is 68.7 Å². The molecule has 0 spiro atoms. The zero-order valence-corrected chi connectivity index (χ0v) is 25.5. The minimum absolute atomic E-state index is 0.117. The number of benzene rings is 2. The first-order valence-electron chi connectivity index (χ1n) is 14.8. The van der Waals surface area contributed by atoms with E-state index in [-0.39, 0.29) is 29.4 Å². The molecular formula is C31H28F5N5O5S. The number of sulfonamides is 1. The molecule has 2 fully saturated rings. The molecule has 10 nitrogen and oxygen atoms in total. The number of carbonyl (C=O) groups is 1. The number of hydrogen-bond acceptors (Lipinski definition) is 7. The first kappa shape index (κ1) is 32.7. The summed E-state index contributed by atoms with van der Waals surface area (Å²) in [5.74, 6) is -12.9. The molecule has 47 heavy (non-hydrogen) atoms. The summed E-state index contributed by atoms with van der Waals surface area (Å²) in [7, 11) is -5.38. The first-order chi connectivity index (χ1) is 22.4. The van der Waals surface area contributed by atoms with E-state index in [9.17, 15) is 45.1 Å². The van der Waals surface area contributed by atoms with Crippen LogP contribution in [0, 0.1) is 29.1 Å². The number of nitrogens with zero attached hydrogens (tertiary/aromatic N) is 5. The van der Waals surface area contributed by atoms with Crippen LogP contribution in [-0.2, 0) is 28.1 Å². The number of rotatable bonds is 8. The summed E-state index contributed by atoms with van der Waals surface area (Å²) in [5.41, 5.74) is 1.04. The average molecular weight is 678 g/mol. The molecule has 1 N–H and O–H groups in total. The molecule has 1 saturated carbocycles. The second-order valence-electron chi connectivity index (χ2n) is 11.5. The van der Waals surface area contributed by atoms with E-state index in [1.807, 2.05) is 6.07 Å². The van der Waals surface area contributed by atoms with Crippen LogP contribution in [0.1, 0.15) is 55.7 Å². The number of aliphatic hydroxyl groups is 1. The Morgan fingerprint density at radius 2 is 1.60 bits per heavy atom. The predicted octanol–water partition coefficient (Wildman–Crippen LogP) is 4.48. The van der Waals surface area contributed by atoms with Gasteiger partial charge in [-0.25, -0.2) is 35.1 Å². The van der Waals surface area contributed by atoms with Gasteiger partial charge in [-0.2, -0.15) is 9.40 Å². The second kappa shape index (κ2) is 12.7. The molecule has 1 atom stereocenters. The van der Waals surface area contributed by atoms with Crippen molar-refractivity contribution in [3.8, 4) is 0 Å². The van der Waals surface area contributed by atoms with Crippen molar-refractivity contribution in [3.63, 3.8) is 0 Å². The molecule has 4 aromatic rings. The third-order valence-electron chi connectivity index (χ3n) is 8.78. The van der Waals surface area contributed by atoms with Gasteiger partial charge >= 0.3 is 0 Å². The molecule has 0 radical (unpaired) electrons. The maximum absolute atomic E-state index is 14.6. The van der Waals surface area contributed by atoms with Crippen molar-refractivity contribution in [3.05, 3.63) is 93.4 Å². The molecule has 1 unspecified atom stereocenters. The van der Waals surface area contributed by atoms with Gasteiger partial charge in [0.25, 0.3) is 5.56 Å². The van der Waals surface area contributed by atoms with Crippen molar-refractivity contribution in [2.24, 2.45) is 0 Å². The van der Waals surface area contributed by atoms with E-state index in [0.717, 1.165) is 35.9 Å². The molecule has 1 amide bonds. The number of aromatic nitrogens is 3. The molecule has 2 aromatic carbocycles. The highest BCUT2D eigenvalue weighted by Gasteiger charge is 2.48. The number of anilines is 1. The molecule has 16 heteroatoms. The third-order valence-corrected chi connectivity index (χ3v) is 10.7. The van der Waals surface area contributed by atoms with Crippen LogP contribution in [-0.4, -0.2) is 51.1 Å². The molecule has 1 aliphatic heterocycles. The number of carbonyl (C=O) groups excluding carboxylic acids is 1. The van der Waals surface area contributed by atoms with E-state index in [4.69, 9.17) is 0 Å². The fourth-order valence-corrected chi connectivity index (χ4v) is 7.86. The molecule has 2 aromatic heterocycles. The lowest BCUT2D eigenvalue weighted by atomic mass is 9.85. The van der Waals surface area contributed by atoms with Crippen molar-refractivity contribution in [1.29, 1.82) is 0 Å². The van der Waals surface area contributed by atoms with Gasteiger partial charge in [0.2, 0.25) is 21.7 Å². The summed E-state index contributed by atoms with van der Waals surface area (Å²) in [6, 6.07) is 6.34. The van der Waals surface area contributed by atoms with Crippen molar-refractivity contribution < 1.29 is 40.3 Å². The predicted molar refractivity (Wildman–Crippen MR) is 158 cm³/mol. The minimum Gasteiger partial charge on any atom is -0.374 e. The number of hydrogen-bond donors (Lipinski definition) is 1. The quantitative estimate of drug-likeness (QED) is 0.166. The summed E-state index contributed by atoms with van der Waals surface area (Å²) in [5, 5.41) is 13.7. The Labute approximate surface area is 265 Å². The van der Waals surface area contributed by atoms with Gasteiger partial charge in [0, 0.05) is 23.8 Å². The number of pyridine rings is 1. The Morgan fingerprint density at radius 1 is 0.915 bits per heavy atom. The summed E-state index contributed by atoms with van der Waals surface area (Å²) in [6.07, 6.45) is 8.36. The van der Waals surface area contributed by atoms with Crippen LogP contribution in [0.2, 0.25) is 0 Å². The SMILES string of the molecule is O=C(C1CCN1S(=O)(=O)c1c(F)c(F)c(F)c(F)c1F)N(Cc1ccc(C2CCCCC2)cn1)c1ccc2c(=O)n(CO)ncc2c1. The Morgan fingerprint density at radius 3 is 2.19 bits per heavy atom. The summed E-state index contributed by atoms with van der Waals surface area (Å²) in [4.78, 5) is 30.4. The Bertz CT molecular complexity index is 2010. The highest BCUT2D eigenvalue weighted by atomic mass is 32.2. The highest BCUT2D eigenvalue weighted by Crippen LogP contribution is 2.36. The van der Waals surface area contributed by atoms with Gasteiger partial charge in [-0.1, -0.05) is 25.3 Å². The lowest BCUT2D eigenvalue weighted by Gasteiger charge is -2.41. The van der Waals surface area contributed by atoms with Gasteiger partial charge in [0.1, 0.15) is 12.8 Å². The van der Waals surface area contributed by atoms with Gasteiger partial charge in [-0.05, 0) is 55.0 Å². The van der Waals surface area contributed by atoms with Crippen LogP contribution < -0.4 is 10.5 Å². The van der Waals surface area contributed by atoms with Crippen molar-refractivity contribution in [1.82, 2.24) is 19.1 Å². The van der Waals surface area contributed by atoms with Crippen LogP contribution in [0.15, 0.2) is 52.4 Å². The number of halogens is 5. The zero-order chi connectivity index (χ0) is 33.6. The fraction of sp³-hybridized carbons (Fsp3) is 0.355. The molecule has 1 aliphatic carbocycles. The number of amides is 1. The summed E-state index contributed by atoms with van der Waals surface area (Å²) < 4.78 is 98.5. The maximum atomic E-state index is 14.6. The minimum atomic E-state index is -5.38. The van der Waals surface area contributed by atoms with Crippen LogP contribution in [0.25, 0.3) is 10.8 Å². The third kappa shape index (κ3) is 5.78. The molecule has 6 rings (SSSR count). The van der Waals surface area contributed by atoms with Gasteiger partial charge in [-0.3, -0.25) is 14.6 Å². The van der Waals surface area contributed by atoms with E-state index < -0.39 is 74.8 Å². The van der Waals surface area contributed by atoms with E-state index in [0.29, 0.717) is 15.9 Å². The smallest absolute Gasteiger partial charge is 0.276 e. The van der Waals surface area contributed by atoms with Crippen LogP contribution in [0.5, 0.6) is 0 Å². The van der Waals surface area contributed by atoms with Crippen molar-refractivity contribution >= 4 is 32.4 Å². The van der Waals surface area contributed by atoms with Gasteiger partial charge in [0.05, 0.1) is 23.8 Å². The lowest BCUT2D eigenvalue weighted by molar-refractivity contribution is -0.125.